The molecule has 0 aromatic carbocycles. The first-order chi connectivity index (χ1) is 14.2. The van der Waals surface area contributed by atoms with Crippen LogP contribution in [0.15, 0.2) is 0 Å². The molecule has 3 unspecified atom stereocenters. The first-order valence-electron chi connectivity index (χ1n) is 11.4. The van der Waals surface area contributed by atoms with E-state index in [-0.39, 0.29) is 23.6 Å². The summed E-state index contributed by atoms with van der Waals surface area (Å²) < 4.78 is 18.5. The van der Waals surface area contributed by atoms with Gasteiger partial charge < -0.3 is 24.4 Å². The molecule has 8 heteroatoms. The van der Waals surface area contributed by atoms with Crippen LogP contribution < -0.4 is 5.32 Å². The topological polar surface area (TPSA) is 87.1 Å². The molecule has 0 aromatic rings. The number of hydrogen-bond donors (Lipinski definition) is 1. The van der Waals surface area contributed by atoms with Gasteiger partial charge in [0.25, 0.3) is 0 Å². The summed E-state index contributed by atoms with van der Waals surface area (Å²) in [6, 6.07) is 1.99. The number of likely N-dealkylation sites (tertiary alicyclic amines) is 2. The lowest BCUT2D eigenvalue weighted by Crippen LogP contribution is -2.59. The van der Waals surface area contributed by atoms with Crippen LogP contribution in [0.5, 0.6) is 0 Å². The summed E-state index contributed by atoms with van der Waals surface area (Å²) >= 11 is 0. The zero-order valence-corrected chi connectivity index (χ0v) is 18.6. The number of ether oxygens (including phenoxy) is 3. The van der Waals surface area contributed by atoms with Gasteiger partial charge in [-0.05, 0) is 59.3 Å². The number of piperidine rings is 1. The van der Waals surface area contributed by atoms with Gasteiger partial charge in [0.2, 0.25) is 11.7 Å². The summed E-state index contributed by atoms with van der Waals surface area (Å²) in [6.45, 7) is 10.4. The van der Waals surface area contributed by atoms with Crippen molar-refractivity contribution < 1.29 is 19.0 Å². The Labute approximate surface area is 179 Å². The van der Waals surface area contributed by atoms with Gasteiger partial charge in [-0.1, -0.05) is 0 Å². The van der Waals surface area contributed by atoms with Crippen LogP contribution in [0.4, 0.5) is 0 Å². The van der Waals surface area contributed by atoms with E-state index in [4.69, 9.17) is 14.2 Å². The molecule has 4 aliphatic rings. The van der Waals surface area contributed by atoms with Crippen LogP contribution >= 0.6 is 0 Å². The van der Waals surface area contributed by atoms with E-state index < -0.39 is 11.6 Å². The summed E-state index contributed by atoms with van der Waals surface area (Å²) in [4.78, 5) is 16.7. The molecule has 4 rings (SSSR count). The molecule has 1 N–H and O–H groups in total. The molecule has 4 fully saturated rings. The standard InChI is InChI=1S/C22H36N4O4/c1-20(2)29-18-7-5-13-28-22(18,30-20)16-25-11-8-21(3,9-12-25)24-15-19(27)26-10-4-6-17(26)14-23/h17-18,24H,4-13,15-16H2,1-3H3. The lowest BCUT2D eigenvalue weighted by Gasteiger charge is -2.45. The van der Waals surface area contributed by atoms with Crippen molar-refractivity contribution >= 4 is 5.91 Å². The minimum atomic E-state index is -0.666. The van der Waals surface area contributed by atoms with Crippen molar-refractivity contribution in [2.75, 3.05) is 39.3 Å². The molecule has 0 aliphatic carbocycles. The fourth-order valence-electron chi connectivity index (χ4n) is 5.32. The number of fused-ring (bicyclic) bond motifs is 1. The van der Waals surface area contributed by atoms with E-state index in [2.05, 4.69) is 23.2 Å². The van der Waals surface area contributed by atoms with Crippen LogP contribution in [-0.2, 0) is 19.0 Å². The molecule has 0 radical (unpaired) electrons. The number of nitrogens with one attached hydrogen (secondary N) is 1. The normalized spacial score (nSPS) is 35.7. The quantitative estimate of drug-likeness (QED) is 0.723. The third-order valence-electron chi connectivity index (χ3n) is 7.08. The minimum absolute atomic E-state index is 0.0150. The molecule has 1 amide bonds. The van der Waals surface area contributed by atoms with Crippen LogP contribution in [0.1, 0.15) is 59.3 Å². The number of nitrogens with zero attached hydrogens (tertiary/aromatic N) is 3. The van der Waals surface area contributed by atoms with Gasteiger partial charge in [0, 0.05) is 25.2 Å². The van der Waals surface area contributed by atoms with E-state index in [1.165, 1.54) is 0 Å². The van der Waals surface area contributed by atoms with Gasteiger partial charge in [-0.25, -0.2) is 0 Å². The molecule has 0 saturated carbocycles. The van der Waals surface area contributed by atoms with Crippen molar-refractivity contribution in [1.82, 2.24) is 15.1 Å². The van der Waals surface area contributed by atoms with Crippen molar-refractivity contribution in [3.63, 3.8) is 0 Å². The molecule has 4 saturated heterocycles. The molecule has 0 spiro atoms. The summed E-state index contributed by atoms with van der Waals surface area (Å²) in [6.07, 6.45) is 5.58. The zero-order chi connectivity index (χ0) is 21.4. The van der Waals surface area contributed by atoms with Crippen LogP contribution in [0, 0.1) is 11.3 Å². The van der Waals surface area contributed by atoms with E-state index >= 15 is 0 Å². The Kier molecular flexibility index (Phi) is 6.12. The van der Waals surface area contributed by atoms with Gasteiger partial charge in [0.15, 0.2) is 5.79 Å². The van der Waals surface area contributed by atoms with Crippen molar-refractivity contribution in [3.8, 4) is 6.07 Å². The van der Waals surface area contributed by atoms with Crippen molar-refractivity contribution in [3.05, 3.63) is 0 Å². The van der Waals surface area contributed by atoms with Gasteiger partial charge in [-0.3, -0.25) is 9.69 Å². The molecule has 8 nitrogen and oxygen atoms in total. The average Bonchev–Trinajstić information content (AvgIpc) is 3.28. The number of amides is 1. The molecule has 0 bridgehead atoms. The monoisotopic (exact) mass is 420 g/mol. The Hall–Kier alpha value is -1.24. The highest BCUT2D eigenvalue weighted by Crippen LogP contribution is 2.43. The Morgan fingerprint density at radius 2 is 1.93 bits per heavy atom. The van der Waals surface area contributed by atoms with Crippen LogP contribution in [0.25, 0.3) is 0 Å². The second-order valence-corrected chi connectivity index (χ2v) is 9.98. The highest BCUT2D eigenvalue weighted by Gasteiger charge is 2.56. The van der Waals surface area contributed by atoms with Crippen LogP contribution in [-0.4, -0.2) is 84.3 Å². The number of carbonyl (C=O) groups is 1. The second kappa shape index (κ2) is 8.36. The number of rotatable bonds is 5. The summed E-state index contributed by atoms with van der Waals surface area (Å²) in [5.74, 6) is -1.24. The van der Waals surface area contributed by atoms with Gasteiger partial charge in [0.1, 0.15) is 12.1 Å². The van der Waals surface area contributed by atoms with Crippen LogP contribution in [0.2, 0.25) is 0 Å². The molecule has 3 atom stereocenters. The maximum Gasteiger partial charge on any atom is 0.237 e. The maximum atomic E-state index is 12.6. The highest BCUT2D eigenvalue weighted by atomic mass is 16.8. The van der Waals surface area contributed by atoms with E-state index in [0.717, 1.165) is 51.6 Å². The molecular weight excluding hydrogens is 384 g/mol. The fourth-order valence-corrected chi connectivity index (χ4v) is 5.32. The predicted molar refractivity (Wildman–Crippen MR) is 110 cm³/mol. The lowest BCUT2D eigenvalue weighted by molar-refractivity contribution is -0.271. The largest absolute Gasteiger partial charge is 0.346 e. The zero-order valence-electron chi connectivity index (χ0n) is 18.6. The Morgan fingerprint density at radius 1 is 1.17 bits per heavy atom. The highest BCUT2D eigenvalue weighted by molar-refractivity contribution is 5.79. The second-order valence-electron chi connectivity index (χ2n) is 9.98. The third kappa shape index (κ3) is 4.51. The lowest BCUT2D eigenvalue weighted by atomic mass is 9.89. The van der Waals surface area contributed by atoms with Crippen molar-refractivity contribution in [1.29, 1.82) is 5.26 Å². The Morgan fingerprint density at radius 3 is 2.67 bits per heavy atom. The SMILES string of the molecule is CC1(NCC(=O)N2CCCC2C#N)CCN(CC23OCCCC2OC(C)(C)O3)CC1. The summed E-state index contributed by atoms with van der Waals surface area (Å²) in [5, 5.41) is 12.7. The van der Waals surface area contributed by atoms with Gasteiger partial charge in [0.05, 0.1) is 25.8 Å². The van der Waals surface area contributed by atoms with Crippen molar-refractivity contribution in [2.45, 2.75) is 88.6 Å². The number of nitriles is 1. The van der Waals surface area contributed by atoms with E-state index in [1.807, 2.05) is 13.8 Å². The van der Waals surface area contributed by atoms with Crippen molar-refractivity contribution in [2.24, 2.45) is 0 Å². The average molecular weight is 421 g/mol. The first kappa shape index (κ1) is 22.0. The molecule has 4 heterocycles. The van der Waals surface area contributed by atoms with E-state index in [9.17, 15) is 10.1 Å². The Bertz CT molecular complexity index is 685. The molecule has 0 aromatic heterocycles. The number of hydrogen-bond acceptors (Lipinski definition) is 7. The van der Waals surface area contributed by atoms with E-state index in [1.54, 1.807) is 4.90 Å². The Balaban J connectivity index is 1.28. The third-order valence-corrected chi connectivity index (χ3v) is 7.08. The molecule has 30 heavy (non-hydrogen) atoms. The van der Waals surface area contributed by atoms with Gasteiger partial charge >= 0.3 is 0 Å². The number of carbonyl (C=O) groups excluding carboxylic acids is 1. The smallest absolute Gasteiger partial charge is 0.237 e. The fraction of sp³-hybridized carbons (Fsp3) is 0.909. The minimum Gasteiger partial charge on any atom is -0.346 e. The summed E-state index contributed by atoms with van der Waals surface area (Å²) in [5.41, 5.74) is -0.0786. The van der Waals surface area contributed by atoms with Gasteiger partial charge in [-0.15, -0.1) is 0 Å². The first-order valence-corrected chi connectivity index (χ1v) is 11.4. The molecule has 4 aliphatic heterocycles. The van der Waals surface area contributed by atoms with Crippen LogP contribution in [0.3, 0.4) is 0 Å². The maximum absolute atomic E-state index is 12.6. The summed E-state index contributed by atoms with van der Waals surface area (Å²) in [7, 11) is 0. The van der Waals surface area contributed by atoms with E-state index in [0.29, 0.717) is 26.2 Å². The molecular formula is C22H36N4O4. The molecule has 168 valence electrons. The predicted octanol–water partition coefficient (Wildman–Crippen LogP) is 1.60. The van der Waals surface area contributed by atoms with Gasteiger partial charge in [-0.2, -0.15) is 5.26 Å².